The average Bonchev–Trinajstić information content (AvgIpc) is 2.60. The molecule has 4 N–H and O–H groups in total. The lowest BCUT2D eigenvalue weighted by molar-refractivity contribution is -0.141. The number of hydrogen-bond donors (Lipinski definition) is 3. The Morgan fingerprint density at radius 1 is 1.60 bits per heavy atom. The molecule has 0 aromatic carbocycles. The molecule has 15 heavy (non-hydrogen) atoms. The fourth-order valence-electron chi connectivity index (χ4n) is 1.39. The summed E-state index contributed by atoms with van der Waals surface area (Å²) in [7, 11) is 0. The van der Waals surface area contributed by atoms with Gasteiger partial charge in [0.25, 0.3) is 0 Å². The topological polar surface area (TPSA) is 92.4 Å². The molecule has 5 nitrogen and oxygen atoms in total. The van der Waals surface area contributed by atoms with Crippen LogP contribution in [-0.2, 0) is 9.59 Å². The molecule has 1 rings (SSSR count). The van der Waals surface area contributed by atoms with Crippen molar-refractivity contribution in [3.05, 3.63) is 12.2 Å². The fraction of sp³-hybridized carbons (Fsp3) is 0.600. The van der Waals surface area contributed by atoms with Crippen molar-refractivity contribution in [2.24, 2.45) is 17.6 Å². The molecule has 0 heterocycles. The summed E-state index contributed by atoms with van der Waals surface area (Å²) in [5.41, 5.74) is 5.61. The first-order valence-corrected chi connectivity index (χ1v) is 4.95. The largest absolute Gasteiger partial charge is 0.481 e. The van der Waals surface area contributed by atoms with E-state index in [0.29, 0.717) is 6.42 Å². The zero-order valence-electron chi connectivity index (χ0n) is 8.64. The molecule has 0 aromatic heterocycles. The third-order valence-electron chi connectivity index (χ3n) is 2.46. The first-order chi connectivity index (χ1) is 7.00. The molecule has 84 valence electrons. The van der Waals surface area contributed by atoms with E-state index >= 15 is 0 Å². The van der Waals surface area contributed by atoms with Gasteiger partial charge in [0.1, 0.15) is 0 Å². The summed E-state index contributed by atoms with van der Waals surface area (Å²) in [5, 5.41) is 11.2. The highest BCUT2D eigenvalue weighted by Gasteiger charge is 2.23. The number of aliphatic carboxylic acids is 1. The van der Waals surface area contributed by atoms with Gasteiger partial charge in [0.05, 0.1) is 11.8 Å². The Balaban J connectivity index is 2.31. The second kappa shape index (κ2) is 4.93. The van der Waals surface area contributed by atoms with Crippen LogP contribution in [0.4, 0.5) is 0 Å². The van der Waals surface area contributed by atoms with Gasteiger partial charge >= 0.3 is 5.97 Å². The number of carbonyl (C=O) groups is 2. The molecule has 0 radical (unpaired) electrons. The van der Waals surface area contributed by atoms with Gasteiger partial charge in [0.15, 0.2) is 0 Å². The Labute approximate surface area is 88.3 Å². The third-order valence-corrected chi connectivity index (χ3v) is 2.46. The van der Waals surface area contributed by atoms with Crippen LogP contribution in [0.2, 0.25) is 0 Å². The molecule has 0 spiro atoms. The van der Waals surface area contributed by atoms with Gasteiger partial charge in [-0.05, 0) is 6.42 Å². The van der Waals surface area contributed by atoms with E-state index < -0.39 is 11.9 Å². The molecule has 0 bridgehead atoms. The van der Waals surface area contributed by atoms with Crippen LogP contribution in [0.15, 0.2) is 12.2 Å². The van der Waals surface area contributed by atoms with Crippen LogP contribution in [0.25, 0.3) is 0 Å². The van der Waals surface area contributed by atoms with Crippen LogP contribution >= 0.6 is 0 Å². The number of amides is 1. The minimum atomic E-state index is -0.908. The summed E-state index contributed by atoms with van der Waals surface area (Å²) in [5.74, 6) is -1.82. The Kier molecular flexibility index (Phi) is 3.85. The summed E-state index contributed by atoms with van der Waals surface area (Å²) in [4.78, 5) is 22.0. The van der Waals surface area contributed by atoms with Crippen molar-refractivity contribution in [3.63, 3.8) is 0 Å². The molecular weight excluding hydrogens is 196 g/mol. The zero-order valence-corrected chi connectivity index (χ0v) is 8.64. The molecule has 1 aliphatic rings. The highest BCUT2D eigenvalue weighted by molar-refractivity contribution is 5.81. The van der Waals surface area contributed by atoms with Crippen LogP contribution in [0.3, 0.4) is 0 Å². The maximum absolute atomic E-state index is 11.5. The predicted octanol–water partition coefficient (Wildman–Crippen LogP) is -0.273. The van der Waals surface area contributed by atoms with Crippen LogP contribution in [0.1, 0.15) is 13.3 Å². The second-order valence-corrected chi connectivity index (χ2v) is 3.88. The monoisotopic (exact) mass is 212 g/mol. The fourth-order valence-corrected chi connectivity index (χ4v) is 1.39. The quantitative estimate of drug-likeness (QED) is 0.559. The highest BCUT2D eigenvalue weighted by atomic mass is 16.4. The van der Waals surface area contributed by atoms with E-state index in [9.17, 15) is 9.59 Å². The second-order valence-electron chi connectivity index (χ2n) is 3.88. The summed E-state index contributed by atoms with van der Waals surface area (Å²) in [6.07, 6.45) is 4.17. The number of nitrogens with two attached hydrogens (primary N) is 1. The Hall–Kier alpha value is -1.36. The first kappa shape index (κ1) is 11.7. The van der Waals surface area contributed by atoms with Crippen molar-refractivity contribution in [3.8, 4) is 0 Å². The molecule has 1 aliphatic carbocycles. The molecule has 0 aliphatic heterocycles. The summed E-state index contributed by atoms with van der Waals surface area (Å²) in [6, 6.07) is -0.0577. The minimum absolute atomic E-state index is 0.0577. The third kappa shape index (κ3) is 3.36. The van der Waals surface area contributed by atoms with Gasteiger partial charge in [-0.15, -0.1) is 0 Å². The van der Waals surface area contributed by atoms with Crippen molar-refractivity contribution in [1.82, 2.24) is 5.32 Å². The maximum Gasteiger partial charge on any atom is 0.308 e. The van der Waals surface area contributed by atoms with Crippen LogP contribution in [0.5, 0.6) is 0 Å². The molecular formula is C10H16N2O3. The number of carboxylic acid groups (broad SMARTS) is 1. The van der Waals surface area contributed by atoms with Crippen molar-refractivity contribution >= 4 is 11.9 Å². The molecule has 0 fully saturated rings. The van der Waals surface area contributed by atoms with Gasteiger partial charge in [-0.25, -0.2) is 0 Å². The van der Waals surface area contributed by atoms with Crippen molar-refractivity contribution in [2.45, 2.75) is 19.4 Å². The molecule has 1 amide bonds. The number of hydrogen-bond acceptors (Lipinski definition) is 3. The lowest BCUT2D eigenvalue weighted by atomic mass is 10.1. The van der Waals surface area contributed by atoms with Gasteiger partial charge in [-0.1, -0.05) is 19.1 Å². The number of nitrogens with one attached hydrogen (secondary N) is 1. The number of carbonyl (C=O) groups excluding carboxylic acids is 1. The van der Waals surface area contributed by atoms with Gasteiger partial charge in [-0.2, -0.15) is 0 Å². The normalized spacial score (nSPS) is 26.3. The molecule has 0 saturated heterocycles. The van der Waals surface area contributed by atoms with Gasteiger partial charge in [0, 0.05) is 12.6 Å². The summed E-state index contributed by atoms with van der Waals surface area (Å²) < 4.78 is 0. The average molecular weight is 212 g/mol. The number of carboxylic acids is 1. The maximum atomic E-state index is 11.5. The lowest BCUT2D eigenvalue weighted by Gasteiger charge is -2.12. The molecule has 5 heteroatoms. The molecule has 0 saturated carbocycles. The van der Waals surface area contributed by atoms with Crippen LogP contribution in [0, 0.1) is 11.8 Å². The first-order valence-electron chi connectivity index (χ1n) is 4.95. The smallest absolute Gasteiger partial charge is 0.308 e. The molecule has 0 aromatic rings. The predicted molar refractivity (Wildman–Crippen MR) is 55.0 cm³/mol. The Morgan fingerprint density at radius 3 is 2.73 bits per heavy atom. The van der Waals surface area contributed by atoms with Crippen molar-refractivity contribution in [2.75, 3.05) is 6.54 Å². The van der Waals surface area contributed by atoms with E-state index in [2.05, 4.69) is 5.32 Å². The van der Waals surface area contributed by atoms with Crippen molar-refractivity contribution in [1.29, 1.82) is 0 Å². The van der Waals surface area contributed by atoms with Crippen LogP contribution < -0.4 is 11.1 Å². The van der Waals surface area contributed by atoms with E-state index in [0.717, 1.165) is 0 Å². The lowest BCUT2D eigenvalue weighted by Crippen LogP contribution is -2.35. The van der Waals surface area contributed by atoms with E-state index in [-0.39, 0.29) is 24.4 Å². The van der Waals surface area contributed by atoms with Crippen molar-refractivity contribution < 1.29 is 14.7 Å². The van der Waals surface area contributed by atoms with E-state index in [1.54, 1.807) is 19.1 Å². The Bertz CT molecular complexity index is 288. The molecule has 3 atom stereocenters. The van der Waals surface area contributed by atoms with Gasteiger partial charge in [0.2, 0.25) is 5.91 Å². The van der Waals surface area contributed by atoms with E-state index in [1.165, 1.54) is 0 Å². The standard InChI is InChI=1S/C10H16N2O3/c1-6(10(14)15)5-12-9(13)7-2-3-8(11)4-7/h2-3,6-8H,4-5,11H2,1H3,(H,12,13)(H,14,15). The van der Waals surface area contributed by atoms with E-state index in [1.807, 2.05) is 0 Å². The van der Waals surface area contributed by atoms with E-state index in [4.69, 9.17) is 10.8 Å². The molecule has 3 unspecified atom stereocenters. The zero-order chi connectivity index (χ0) is 11.4. The SMILES string of the molecule is CC(CNC(=O)C1C=CC(N)C1)C(=O)O. The number of rotatable bonds is 4. The Morgan fingerprint density at radius 2 is 2.27 bits per heavy atom. The highest BCUT2D eigenvalue weighted by Crippen LogP contribution is 2.16. The van der Waals surface area contributed by atoms with Gasteiger partial charge < -0.3 is 16.2 Å². The minimum Gasteiger partial charge on any atom is -0.481 e. The van der Waals surface area contributed by atoms with Gasteiger partial charge in [-0.3, -0.25) is 9.59 Å². The van der Waals surface area contributed by atoms with Crippen LogP contribution in [-0.4, -0.2) is 29.6 Å². The summed E-state index contributed by atoms with van der Waals surface area (Å²) >= 11 is 0. The summed E-state index contributed by atoms with van der Waals surface area (Å²) in [6.45, 7) is 1.71.